The molecule has 10 heteroatoms. The first-order valence-corrected chi connectivity index (χ1v) is 9.96. The SMILES string of the molecule is O=C(NC1CN(S(=O)(=O)c2ccc3oc(=O)[nH]c3c2)C1)OCc1ccccc1. The van der Waals surface area contributed by atoms with Gasteiger partial charge >= 0.3 is 11.8 Å². The lowest BCUT2D eigenvalue weighted by Crippen LogP contribution is -2.60. The van der Waals surface area contributed by atoms with E-state index in [1.165, 1.54) is 22.5 Å². The summed E-state index contributed by atoms with van der Waals surface area (Å²) >= 11 is 0. The van der Waals surface area contributed by atoms with Crippen LogP contribution in [0.15, 0.2) is 62.6 Å². The van der Waals surface area contributed by atoms with Crippen molar-refractivity contribution in [3.63, 3.8) is 0 Å². The first kappa shape index (κ1) is 18.3. The zero-order valence-corrected chi connectivity index (χ0v) is 15.4. The van der Waals surface area contributed by atoms with Gasteiger partial charge in [0.05, 0.1) is 16.5 Å². The monoisotopic (exact) mass is 403 g/mol. The second kappa shape index (κ2) is 7.13. The molecule has 2 aromatic carbocycles. The largest absolute Gasteiger partial charge is 0.445 e. The third kappa shape index (κ3) is 3.64. The van der Waals surface area contributed by atoms with E-state index in [-0.39, 0.29) is 36.2 Å². The Kier molecular flexibility index (Phi) is 4.65. The molecule has 2 heterocycles. The van der Waals surface area contributed by atoms with Crippen molar-refractivity contribution in [3.8, 4) is 0 Å². The van der Waals surface area contributed by atoms with Gasteiger partial charge in [-0.05, 0) is 23.8 Å². The van der Waals surface area contributed by atoms with E-state index in [0.717, 1.165) is 5.56 Å². The molecule has 1 fully saturated rings. The average molecular weight is 403 g/mol. The molecule has 0 aliphatic carbocycles. The summed E-state index contributed by atoms with van der Waals surface area (Å²) in [6.07, 6.45) is -0.594. The lowest BCUT2D eigenvalue weighted by atomic mass is 10.2. The molecular weight excluding hydrogens is 386 g/mol. The number of aromatic amines is 1. The fourth-order valence-electron chi connectivity index (χ4n) is 2.90. The summed E-state index contributed by atoms with van der Waals surface area (Å²) in [5.74, 6) is -0.647. The van der Waals surface area contributed by atoms with Crippen LogP contribution < -0.4 is 11.1 Å². The number of oxazole rings is 1. The number of fused-ring (bicyclic) bond motifs is 1. The van der Waals surface area contributed by atoms with Crippen molar-refractivity contribution in [2.45, 2.75) is 17.5 Å². The average Bonchev–Trinajstić information content (AvgIpc) is 3.02. The van der Waals surface area contributed by atoms with Crippen LogP contribution in [0.3, 0.4) is 0 Å². The van der Waals surface area contributed by atoms with E-state index in [4.69, 9.17) is 9.15 Å². The van der Waals surface area contributed by atoms with Crippen molar-refractivity contribution in [1.29, 1.82) is 0 Å². The Hall–Kier alpha value is -3.11. The minimum absolute atomic E-state index is 0.0437. The van der Waals surface area contributed by atoms with E-state index < -0.39 is 21.9 Å². The Labute approximate surface area is 160 Å². The summed E-state index contributed by atoms with van der Waals surface area (Å²) < 4.78 is 36.6. The molecule has 9 nitrogen and oxygen atoms in total. The van der Waals surface area contributed by atoms with Crippen molar-refractivity contribution >= 4 is 27.2 Å². The maximum atomic E-state index is 12.7. The summed E-state index contributed by atoms with van der Waals surface area (Å²) in [6, 6.07) is 13.1. The van der Waals surface area contributed by atoms with Crippen LogP contribution in [0.1, 0.15) is 5.56 Å². The predicted molar refractivity (Wildman–Crippen MR) is 99.1 cm³/mol. The smallest absolute Gasteiger partial charge is 0.417 e. The number of nitrogens with zero attached hydrogens (tertiary/aromatic N) is 1. The number of amides is 1. The topological polar surface area (TPSA) is 122 Å². The highest BCUT2D eigenvalue weighted by atomic mass is 32.2. The number of sulfonamides is 1. The number of hydrogen-bond donors (Lipinski definition) is 2. The first-order chi connectivity index (χ1) is 13.4. The molecule has 0 saturated carbocycles. The van der Waals surface area contributed by atoms with E-state index >= 15 is 0 Å². The number of nitrogens with one attached hydrogen (secondary N) is 2. The van der Waals surface area contributed by atoms with Gasteiger partial charge in [-0.25, -0.2) is 18.0 Å². The van der Waals surface area contributed by atoms with Crippen LogP contribution in [0.25, 0.3) is 11.1 Å². The van der Waals surface area contributed by atoms with Crippen LogP contribution in [-0.2, 0) is 21.4 Å². The van der Waals surface area contributed by atoms with Crippen LogP contribution in [-0.4, -0.2) is 42.9 Å². The second-order valence-corrected chi connectivity index (χ2v) is 8.34. The molecule has 0 spiro atoms. The molecule has 3 aromatic rings. The number of rotatable bonds is 5. The highest BCUT2D eigenvalue weighted by molar-refractivity contribution is 7.89. The van der Waals surface area contributed by atoms with E-state index in [1.54, 1.807) is 0 Å². The molecule has 1 aliphatic heterocycles. The van der Waals surface area contributed by atoms with E-state index in [1.807, 2.05) is 30.3 Å². The molecular formula is C18H17N3O6S. The minimum atomic E-state index is -3.73. The molecule has 1 amide bonds. The Morgan fingerprint density at radius 2 is 1.96 bits per heavy atom. The van der Waals surface area contributed by atoms with Gasteiger partial charge in [-0.2, -0.15) is 4.31 Å². The molecule has 146 valence electrons. The second-order valence-electron chi connectivity index (χ2n) is 6.40. The van der Waals surface area contributed by atoms with Crippen LogP contribution in [0.4, 0.5) is 4.79 Å². The highest BCUT2D eigenvalue weighted by Crippen LogP contribution is 2.24. The van der Waals surface area contributed by atoms with Gasteiger partial charge in [0.25, 0.3) is 0 Å². The highest BCUT2D eigenvalue weighted by Gasteiger charge is 2.38. The summed E-state index contributed by atoms with van der Waals surface area (Å²) in [4.78, 5) is 25.5. The molecule has 0 bridgehead atoms. The molecule has 4 rings (SSSR count). The number of hydrogen-bond acceptors (Lipinski definition) is 6. The summed E-state index contributed by atoms with van der Waals surface area (Å²) in [7, 11) is -3.73. The quantitative estimate of drug-likeness (QED) is 0.664. The molecule has 1 saturated heterocycles. The lowest BCUT2D eigenvalue weighted by Gasteiger charge is -2.37. The number of benzene rings is 2. The van der Waals surface area contributed by atoms with Gasteiger partial charge in [-0.3, -0.25) is 4.98 Å². The normalized spacial score (nSPS) is 15.3. The Bertz CT molecular complexity index is 1160. The number of alkyl carbamates (subject to hydrolysis) is 1. The number of carbonyl (C=O) groups excluding carboxylic acids is 1. The molecule has 0 atom stereocenters. The van der Waals surface area contributed by atoms with Crippen LogP contribution in [0.5, 0.6) is 0 Å². The maximum Gasteiger partial charge on any atom is 0.417 e. The molecule has 1 aromatic heterocycles. The van der Waals surface area contributed by atoms with Gasteiger partial charge in [0, 0.05) is 13.1 Å². The Morgan fingerprint density at radius 3 is 2.71 bits per heavy atom. The molecule has 0 unspecified atom stereocenters. The van der Waals surface area contributed by atoms with E-state index in [9.17, 15) is 18.0 Å². The zero-order chi connectivity index (χ0) is 19.7. The molecule has 2 N–H and O–H groups in total. The van der Waals surface area contributed by atoms with Crippen molar-refractivity contribution in [2.75, 3.05) is 13.1 Å². The number of aromatic nitrogens is 1. The number of ether oxygens (including phenoxy) is 1. The first-order valence-electron chi connectivity index (χ1n) is 8.52. The standard InChI is InChI=1S/C18H17N3O6S/c22-17(26-11-12-4-2-1-3-5-12)19-13-9-21(10-13)28(24,25)14-6-7-16-15(8-14)20-18(23)27-16/h1-8,13H,9-11H2,(H,19,22)(H,20,23). The third-order valence-corrected chi connectivity index (χ3v) is 6.24. The summed E-state index contributed by atoms with van der Waals surface area (Å²) in [5, 5.41) is 2.64. The van der Waals surface area contributed by atoms with Gasteiger partial charge in [0.15, 0.2) is 5.58 Å². The lowest BCUT2D eigenvalue weighted by molar-refractivity contribution is 0.123. The summed E-state index contributed by atoms with van der Waals surface area (Å²) in [5.41, 5.74) is 1.46. The van der Waals surface area contributed by atoms with Gasteiger partial charge < -0.3 is 14.5 Å². The Morgan fingerprint density at radius 1 is 1.21 bits per heavy atom. The van der Waals surface area contributed by atoms with Gasteiger partial charge in [0.2, 0.25) is 10.0 Å². The Balaban J connectivity index is 1.33. The fourth-order valence-corrected chi connectivity index (χ4v) is 4.46. The van der Waals surface area contributed by atoms with Gasteiger partial charge in [0.1, 0.15) is 6.61 Å². The minimum Gasteiger partial charge on any atom is -0.445 e. The van der Waals surface area contributed by atoms with E-state index in [0.29, 0.717) is 5.52 Å². The van der Waals surface area contributed by atoms with Crippen LogP contribution in [0, 0.1) is 0 Å². The zero-order valence-electron chi connectivity index (χ0n) is 14.6. The molecule has 1 aliphatic rings. The molecule has 0 radical (unpaired) electrons. The number of carbonyl (C=O) groups is 1. The van der Waals surface area contributed by atoms with Crippen molar-refractivity contribution in [1.82, 2.24) is 14.6 Å². The van der Waals surface area contributed by atoms with E-state index in [2.05, 4.69) is 10.3 Å². The summed E-state index contributed by atoms with van der Waals surface area (Å²) in [6.45, 7) is 0.426. The molecule has 28 heavy (non-hydrogen) atoms. The fraction of sp³-hybridized carbons (Fsp3) is 0.222. The predicted octanol–water partition coefficient (Wildman–Crippen LogP) is 1.42. The van der Waals surface area contributed by atoms with Crippen molar-refractivity contribution in [2.24, 2.45) is 0 Å². The van der Waals surface area contributed by atoms with Crippen LogP contribution >= 0.6 is 0 Å². The third-order valence-electron chi connectivity index (χ3n) is 4.41. The maximum absolute atomic E-state index is 12.7. The number of H-pyrrole nitrogens is 1. The van der Waals surface area contributed by atoms with Crippen molar-refractivity contribution < 1.29 is 22.4 Å². The van der Waals surface area contributed by atoms with Gasteiger partial charge in [-0.15, -0.1) is 0 Å². The van der Waals surface area contributed by atoms with Gasteiger partial charge in [-0.1, -0.05) is 30.3 Å². The van der Waals surface area contributed by atoms with Crippen molar-refractivity contribution in [3.05, 3.63) is 64.6 Å². The van der Waals surface area contributed by atoms with Crippen LogP contribution in [0.2, 0.25) is 0 Å².